The Kier molecular flexibility index (Phi) is 2.51. The van der Waals surface area contributed by atoms with Crippen LogP contribution >= 0.6 is 22.9 Å². The Labute approximate surface area is 86.4 Å². The van der Waals surface area contributed by atoms with E-state index in [1.807, 2.05) is 0 Å². The molecule has 0 atom stereocenters. The van der Waals surface area contributed by atoms with E-state index in [1.54, 1.807) is 11.3 Å². The molecule has 0 radical (unpaired) electrons. The Balaban J connectivity index is 2.55. The number of aryl methyl sites for hydroxylation is 2. The van der Waals surface area contributed by atoms with Gasteiger partial charge < -0.3 is 0 Å². The van der Waals surface area contributed by atoms with E-state index in [0.29, 0.717) is 5.88 Å². The molecule has 0 aliphatic rings. The monoisotopic (exact) mass is 211 g/mol. The number of hydrogen-bond acceptors (Lipinski definition) is 2. The quantitative estimate of drug-likeness (QED) is 0.694. The number of fused-ring (bicyclic) bond motifs is 1. The van der Waals surface area contributed by atoms with E-state index in [2.05, 4.69) is 30.1 Å². The number of nitrogens with zero attached hydrogens (tertiary/aromatic N) is 1. The summed E-state index contributed by atoms with van der Waals surface area (Å²) in [5.74, 6) is 0.652. The van der Waals surface area contributed by atoms with Gasteiger partial charge in [0, 0.05) is 12.3 Å². The lowest BCUT2D eigenvalue weighted by molar-refractivity contribution is 1.11. The molecule has 0 spiro atoms. The summed E-state index contributed by atoms with van der Waals surface area (Å²) in [4.78, 5) is 4.54. The van der Waals surface area contributed by atoms with Crippen LogP contribution in [0.1, 0.15) is 10.6 Å². The van der Waals surface area contributed by atoms with Crippen LogP contribution in [0.3, 0.4) is 0 Å². The summed E-state index contributed by atoms with van der Waals surface area (Å²) in [6.45, 7) is 2.09. The predicted molar refractivity (Wildman–Crippen MR) is 58.8 cm³/mol. The number of benzene rings is 1. The number of alkyl halides is 1. The standard InChI is InChI=1S/C10H10ClNS/c1-7-3-2-4-8-10(7)12-9(13-8)5-6-11/h2-4H,5-6H2,1H3. The van der Waals surface area contributed by atoms with Crippen LogP contribution in [0.2, 0.25) is 0 Å². The zero-order valence-corrected chi connectivity index (χ0v) is 8.95. The molecule has 0 saturated carbocycles. The molecule has 2 rings (SSSR count). The lowest BCUT2D eigenvalue weighted by Crippen LogP contribution is -1.83. The molecule has 13 heavy (non-hydrogen) atoms. The van der Waals surface area contributed by atoms with Crippen molar-refractivity contribution in [3.63, 3.8) is 0 Å². The van der Waals surface area contributed by atoms with Gasteiger partial charge in [0.1, 0.15) is 0 Å². The highest BCUT2D eigenvalue weighted by Crippen LogP contribution is 2.24. The van der Waals surface area contributed by atoms with Gasteiger partial charge in [0.15, 0.2) is 0 Å². The number of halogens is 1. The van der Waals surface area contributed by atoms with Crippen LogP contribution in [0.5, 0.6) is 0 Å². The largest absolute Gasteiger partial charge is 0.241 e. The van der Waals surface area contributed by atoms with Crippen LogP contribution < -0.4 is 0 Å². The zero-order valence-electron chi connectivity index (χ0n) is 7.38. The molecule has 1 aromatic carbocycles. The molecule has 0 aliphatic carbocycles. The molecule has 0 unspecified atom stereocenters. The molecule has 3 heteroatoms. The van der Waals surface area contributed by atoms with E-state index in [-0.39, 0.29) is 0 Å². The lowest BCUT2D eigenvalue weighted by Gasteiger charge is -1.90. The molecular formula is C10H10ClNS. The van der Waals surface area contributed by atoms with Crippen LogP contribution in [0.25, 0.3) is 10.2 Å². The van der Waals surface area contributed by atoms with Gasteiger partial charge in [0.2, 0.25) is 0 Å². The van der Waals surface area contributed by atoms with Gasteiger partial charge in [-0.2, -0.15) is 0 Å². The Morgan fingerprint density at radius 2 is 2.31 bits per heavy atom. The normalized spacial score (nSPS) is 10.9. The van der Waals surface area contributed by atoms with Crippen molar-refractivity contribution in [1.82, 2.24) is 4.98 Å². The second kappa shape index (κ2) is 3.64. The predicted octanol–water partition coefficient (Wildman–Crippen LogP) is 3.39. The van der Waals surface area contributed by atoms with Crippen LogP contribution in [0.15, 0.2) is 18.2 Å². The molecule has 1 nitrogen and oxygen atoms in total. The third-order valence-corrected chi connectivity index (χ3v) is 3.24. The Morgan fingerprint density at radius 1 is 1.46 bits per heavy atom. The van der Waals surface area contributed by atoms with Gasteiger partial charge in [0.05, 0.1) is 15.2 Å². The van der Waals surface area contributed by atoms with Gasteiger partial charge in [-0.3, -0.25) is 0 Å². The highest BCUT2D eigenvalue weighted by atomic mass is 35.5. The molecule has 0 saturated heterocycles. The van der Waals surface area contributed by atoms with Crippen LogP contribution in [0.4, 0.5) is 0 Å². The minimum Gasteiger partial charge on any atom is -0.241 e. The summed E-state index contributed by atoms with van der Waals surface area (Å²) >= 11 is 7.41. The number of thiazole rings is 1. The first-order chi connectivity index (χ1) is 6.31. The van der Waals surface area contributed by atoms with Gasteiger partial charge in [-0.05, 0) is 18.6 Å². The summed E-state index contributed by atoms with van der Waals surface area (Å²) in [6, 6.07) is 6.27. The maximum absolute atomic E-state index is 5.67. The van der Waals surface area contributed by atoms with Gasteiger partial charge in [0.25, 0.3) is 0 Å². The summed E-state index contributed by atoms with van der Waals surface area (Å²) in [5.41, 5.74) is 2.38. The van der Waals surface area contributed by atoms with Crippen molar-refractivity contribution >= 4 is 33.2 Å². The summed E-state index contributed by atoms with van der Waals surface area (Å²) in [7, 11) is 0. The first kappa shape index (κ1) is 8.97. The molecule has 1 aromatic heterocycles. The van der Waals surface area contributed by atoms with Crippen molar-refractivity contribution in [2.75, 3.05) is 5.88 Å². The fraction of sp³-hybridized carbons (Fsp3) is 0.300. The second-order valence-electron chi connectivity index (χ2n) is 2.97. The van der Waals surface area contributed by atoms with Crippen molar-refractivity contribution in [2.24, 2.45) is 0 Å². The SMILES string of the molecule is Cc1cccc2sc(CCCl)nc12. The maximum Gasteiger partial charge on any atom is 0.0950 e. The van der Waals surface area contributed by atoms with Crippen molar-refractivity contribution in [3.05, 3.63) is 28.8 Å². The molecule has 0 amide bonds. The molecular weight excluding hydrogens is 202 g/mol. The fourth-order valence-corrected chi connectivity index (χ4v) is 2.66. The summed E-state index contributed by atoms with van der Waals surface area (Å²) in [6.07, 6.45) is 0.875. The fourth-order valence-electron chi connectivity index (χ4n) is 1.32. The average molecular weight is 212 g/mol. The van der Waals surface area contributed by atoms with Crippen molar-refractivity contribution in [1.29, 1.82) is 0 Å². The van der Waals surface area contributed by atoms with Gasteiger partial charge >= 0.3 is 0 Å². The van der Waals surface area contributed by atoms with Crippen LogP contribution in [0, 0.1) is 6.92 Å². The number of hydrogen-bond donors (Lipinski definition) is 0. The number of rotatable bonds is 2. The van der Waals surface area contributed by atoms with E-state index in [0.717, 1.165) is 16.9 Å². The lowest BCUT2D eigenvalue weighted by atomic mass is 10.2. The van der Waals surface area contributed by atoms with Gasteiger partial charge in [-0.15, -0.1) is 22.9 Å². The molecule has 0 N–H and O–H groups in total. The third-order valence-electron chi connectivity index (χ3n) is 1.97. The minimum absolute atomic E-state index is 0.652. The first-order valence-corrected chi connectivity index (χ1v) is 5.57. The summed E-state index contributed by atoms with van der Waals surface area (Å²) in [5, 5.41) is 1.14. The highest BCUT2D eigenvalue weighted by molar-refractivity contribution is 7.18. The zero-order chi connectivity index (χ0) is 9.26. The molecule has 0 fully saturated rings. The van der Waals surface area contributed by atoms with Crippen molar-refractivity contribution in [2.45, 2.75) is 13.3 Å². The van der Waals surface area contributed by atoms with E-state index in [1.165, 1.54) is 10.3 Å². The topological polar surface area (TPSA) is 12.9 Å². The van der Waals surface area contributed by atoms with E-state index in [9.17, 15) is 0 Å². The maximum atomic E-state index is 5.67. The van der Waals surface area contributed by atoms with E-state index < -0.39 is 0 Å². The molecule has 1 heterocycles. The van der Waals surface area contributed by atoms with Crippen LogP contribution in [-0.4, -0.2) is 10.9 Å². The van der Waals surface area contributed by atoms with E-state index >= 15 is 0 Å². The second-order valence-corrected chi connectivity index (χ2v) is 4.46. The highest BCUT2D eigenvalue weighted by Gasteiger charge is 2.04. The third kappa shape index (κ3) is 1.69. The molecule has 0 bridgehead atoms. The number of para-hydroxylation sites is 1. The van der Waals surface area contributed by atoms with Crippen molar-refractivity contribution in [3.8, 4) is 0 Å². The molecule has 0 aliphatic heterocycles. The van der Waals surface area contributed by atoms with Crippen LogP contribution in [-0.2, 0) is 6.42 Å². The number of aromatic nitrogens is 1. The minimum atomic E-state index is 0.652. The average Bonchev–Trinajstić information content (AvgIpc) is 2.49. The van der Waals surface area contributed by atoms with Crippen molar-refractivity contribution < 1.29 is 0 Å². The van der Waals surface area contributed by atoms with Gasteiger partial charge in [-0.1, -0.05) is 12.1 Å². The van der Waals surface area contributed by atoms with E-state index in [4.69, 9.17) is 11.6 Å². The smallest absolute Gasteiger partial charge is 0.0950 e. The van der Waals surface area contributed by atoms with Gasteiger partial charge in [-0.25, -0.2) is 4.98 Å². The summed E-state index contributed by atoms with van der Waals surface area (Å²) < 4.78 is 1.26. The molecule has 2 aromatic rings. The Hall–Kier alpha value is -0.600. The first-order valence-electron chi connectivity index (χ1n) is 4.22. The Morgan fingerprint density at radius 3 is 3.00 bits per heavy atom. The molecule has 68 valence electrons. The Bertz CT molecular complexity index is 422.